The third-order valence-corrected chi connectivity index (χ3v) is 3.18. The molecule has 0 aromatic carbocycles. The predicted octanol–water partition coefficient (Wildman–Crippen LogP) is 1.58. The standard InChI is InChI=1S/C10H11BrN2O/c11-9-3-5-13(10(9)14)7-8-2-1-4-12-6-8/h1-2,4,6,9H,3,5,7H2. The molecular weight excluding hydrogens is 244 g/mol. The number of amides is 1. The van der Waals surface area contributed by atoms with Gasteiger partial charge >= 0.3 is 0 Å². The number of hydrogen-bond donors (Lipinski definition) is 0. The Hall–Kier alpha value is -0.900. The normalized spacial score (nSPS) is 21.6. The molecule has 1 aliphatic heterocycles. The summed E-state index contributed by atoms with van der Waals surface area (Å²) in [6, 6.07) is 3.88. The second-order valence-corrected chi connectivity index (χ2v) is 4.48. The fourth-order valence-electron chi connectivity index (χ4n) is 1.57. The topological polar surface area (TPSA) is 33.2 Å². The molecule has 1 amide bonds. The number of hydrogen-bond acceptors (Lipinski definition) is 2. The number of nitrogens with zero attached hydrogens (tertiary/aromatic N) is 2. The summed E-state index contributed by atoms with van der Waals surface area (Å²) >= 11 is 3.35. The Morgan fingerprint density at radius 3 is 3.07 bits per heavy atom. The highest BCUT2D eigenvalue weighted by molar-refractivity contribution is 9.10. The van der Waals surface area contributed by atoms with E-state index in [1.807, 2.05) is 17.0 Å². The largest absolute Gasteiger partial charge is 0.337 e. The minimum atomic E-state index is 0.0131. The first-order valence-corrected chi connectivity index (χ1v) is 5.50. The molecular formula is C10H11BrN2O. The second-order valence-electron chi connectivity index (χ2n) is 3.38. The Balaban J connectivity index is 2.02. The van der Waals surface area contributed by atoms with Gasteiger partial charge < -0.3 is 4.90 Å². The zero-order valence-corrected chi connectivity index (χ0v) is 9.27. The van der Waals surface area contributed by atoms with Gasteiger partial charge in [-0.3, -0.25) is 9.78 Å². The van der Waals surface area contributed by atoms with Crippen LogP contribution >= 0.6 is 15.9 Å². The van der Waals surface area contributed by atoms with Gasteiger partial charge in [-0.05, 0) is 18.1 Å². The molecule has 1 aliphatic rings. The number of halogens is 1. The maximum absolute atomic E-state index is 11.6. The molecule has 0 radical (unpaired) electrons. The number of rotatable bonds is 2. The maximum Gasteiger partial charge on any atom is 0.236 e. The Morgan fingerprint density at radius 2 is 2.50 bits per heavy atom. The molecule has 1 aromatic heterocycles. The number of pyridine rings is 1. The fraction of sp³-hybridized carbons (Fsp3) is 0.400. The van der Waals surface area contributed by atoms with E-state index in [-0.39, 0.29) is 10.7 Å². The summed E-state index contributed by atoms with van der Waals surface area (Å²) in [5.74, 6) is 0.189. The van der Waals surface area contributed by atoms with E-state index in [2.05, 4.69) is 20.9 Å². The van der Waals surface area contributed by atoms with Crippen LogP contribution in [-0.4, -0.2) is 27.2 Å². The number of carbonyl (C=O) groups excluding carboxylic acids is 1. The van der Waals surface area contributed by atoms with Crippen molar-refractivity contribution >= 4 is 21.8 Å². The van der Waals surface area contributed by atoms with E-state index in [0.717, 1.165) is 18.5 Å². The van der Waals surface area contributed by atoms with Gasteiger partial charge in [0, 0.05) is 25.5 Å². The highest BCUT2D eigenvalue weighted by Crippen LogP contribution is 2.20. The zero-order chi connectivity index (χ0) is 9.97. The highest BCUT2D eigenvalue weighted by Gasteiger charge is 2.28. The Morgan fingerprint density at radius 1 is 1.64 bits per heavy atom. The van der Waals surface area contributed by atoms with Crippen LogP contribution in [0, 0.1) is 0 Å². The lowest BCUT2D eigenvalue weighted by Crippen LogP contribution is -2.26. The molecule has 0 spiro atoms. The van der Waals surface area contributed by atoms with Crippen LogP contribution in [0.3, 0.4) is 0 Å². The summed E-state index contributed by atoms with van der Waals surface area (Å²) in [6.45, 7) is 1.51. The average Bonchev–Trinajstić information content (AvgIpc) is 2.52. The van der Waals surface area contributed by atoms with Crippen LogP contribution in [0.4, 0.5) is 0 Å². The van der Waals surface area contributed by atoms with E-state index in [9.17, 15) is 4.79 Å². The van der Waals surface area contributed by atoms with E-state index >= 15 is 0 Å². The smallest absolute Gasteiger partial charge is 0.236 e. The first-order valence-electron chi connectivity index (χ1n) is 4.59. The molecule has 1 aromatic rings. The van der Waals surface area contributed by atoms with Crippen LogP contribution in [0.5, 0.6) is 0 Å². The van der Waals surface area contributed by atoms with Crippen LogP contribution in [0.2, 0.25) is 0 Å². The number of likely N-dealkylation sites (tertiary alicyclic amines) is 1. The Labute approximate surface area is 91.3 Å². The summed E-state index contributed by atoms with van der Waals surface area (Å²) in [5, 5.41) is 0. The molecule has 2 rings (SSSR count). The molecule has 0 aliphatic carbocycles. The monoisotopic (exact) mass is 254 g/mol. The molecule has 74 valence electrons. The van der Waals surface area contributed by atoms with Crippen molar-refractivity contribution in [2.75, 3.05) is 6.54 Å². The molecule has 0 bridgehead atoms. The third kappa shape index (κ3) is 1.95. The van der Waals surface area contributed by atoms with E-state index in [0.29, 0.717) is 6.54 Å². The van der Waals surface area contributed by atoms with Crippen LogP contribution in [0.15, 0.2) is 24.5 Å². The molecule has 2 heterocycles. The summed E-state index contributed by atoms with van der Waals surface area (Å²) in [7, 11) is 0. The van der Waals surface area contributed by atoms with Gasteiger partial charge in [0.15, 0.2) is 0 Å². The minimum Gasteiger partial charge on any atom is -0.337 e. The average molecular weight is 255 g/mol. The Kier molecular flexibility index (Phi) is 2.82. The number of aromatic nitrogens is 1. The van der Waals surface area contributed by atoms with Gasteiger partial charge in [0.2, 0.25) is 5.91 Å². The van der Waals surface area contributed by atoms with Crippen molar-refractivity contribution in [1.29, 1.82) is 0 Å². The predicted molar refractivity (Wildman–Crippen MR) is 57.0 cm³/mol. The van der Waals surface area contributed by atoms with Crippen molar-refractivity contribution < 1.29 is 4.79 Å². The van der Waals surface area contributed by atoms with Gasteiger partial charge in [0.1, 0.15) is 0 Å². The van der Waals surface area contributed by atoms with Crippen molar-refractivity contribution in [3.05, 3.63) is 30.1 Å². The van der Waals surface area contributed by atoms with Gasteiger partial charge in [0.25, 0.3) is 0 Å². The Bertz CT molecular complexity index is 328. The lowest BCUT2D eigenvalue weighted by Gasteiger charge is -2.15. The first kappa shape index (κ1) is 9.65. The van der Waals surface area contributed by atoms with Gasteiger partial charge in [-0.15, -0.1) is 0 Å². The van der Waals surface area contributed by atoms with Crippen LogP contribution < -0.4 is 0 Å². The van der Waals surface area contributed by atoms with E-state index in [1.54, 1.807) is 12.4 Å². The molecule has 1 atom stereocenters. The maximum atomic E-state index is 11.6. The lowest BCUT2D eigenvalue weighted by atomic mass is 10.3. The van der Waals surface area contributed by atoms with Crippen LogP contribution in [-0.2, 0) is 11.3 Å². The van der Waals surface area contributed by atoms with Crippen molar-refractivity contribution in [3.63, 3.8) is 0 Å². The number of alkyl halides is 1. The fourth-order valence-corrected chi connectivity index (χ4v) is 2.06. The summed E-state index contributed by atoms with van der Waals surface area (Å²) < 4.78 is 0. The summed E-state index contributed by atoms with van der Waals surface area (Å²) in [4.78, 5) is 17.5. The quantitative estimate of drug-likeness (QED) is 0.751. The van der Waals surface area contributed by atoms with Gasteiger partial charge in [-0.25, -0.2) is 0 Å². The zero-order valence-electron chi connectivity index (χ0n) is 7.69. The molecule has 14 heavy (non-hydrogen) atoms. The molecule has 1 fully saturated rings. The van der Waals surface area contributed by atoms with Gasteiger partial charge in [-0.2, -0.15) is 0 Å². The van der Waals surface area contributed by atoms with Crippen molar-refractivity contribution in [2.24, 2.45) is 0 Å². The van der Waals surface area contributed by atoms with Crippen molar-refractivity contribution in [3.8, 4) is 0 Å². The van der Waals surface area contributed by atoms with Crippen molar-refractivity contribution in [1.82, 2.24) is 9.88 Å². The first-order chi connectivity index (χ1) is 6.77. The molecule has 3 nitrogen and oxygen atoms in total. The lowest BCUT2D eigenvalue weighted by molar-refractivity contribution is -0.127. The van der Waals surface area contributed by atoms with E-state index in [1.165, 1.54) is 0 Å². The summed E-state index contributed by atoms with van der Waals surface area (Å²) in [6.07, 6.45) is 4.44. The molecule has 1 unspecified atom stereocenters. The third-order valence-electron chi connectivity index (χ3n) is 2.33. The molecule has 0 N–H and O–H groups in total. The van der Waals surface area contributed by atoms with Crippen LogP contribution in [0.25, 0.3) is 0 Å². The second kappa shape index (κ2) is 4.09. The molecule has 0 saturated carbocycles. The minimum absolute atomic E-state index is 0.0131. The summed E-state index contributed by atoms with van der Waals surface area (Å²) in [5.41, 5.74) is 1.09. The van der Waals surface area contributed by atoms with Gasteiger partial charge in [0.05, 0.1) is 4.83 Å². The van der Waals surface area contributed by atoms with Crippen LogP contribution in [0.1, 0.15) is 12.0 Å². The number of carbonyl (C=O) groups is 1. The molecule has 1 saturated heterocycles. The van der Waals surface area contributed by atoms with E-state index in [4.69, 9.17) is 0 Å². The van der Waals surface area contributed by atoms with Gasteiger partial charge in [-0.1, -0.05) is 22.0 Å². The molecule has 4 heteroatoms. The highest BCUT2D eigenvalue weighted by atomic mass is 79.9. The van der Waals surface area contributed by atoms with Crippen molar-refractivity contribution in [2.45, 2.75) is 17.8 Å². The SMILES string of the molecule is O=C1C(Br)CCN1Cc1cccnc1. The van der Waals surface area contributed by atoms with E-state index < -0.39 is 0 Å².